The van der Waals surface area contributed by atoms with Gasteiger partial charge in [-0.25, -0.2) is 5.09 Å². The summed E-state index contributed by atoms with van der Waals surface area (Å²) in [5.74, 6) is -0.463. The lowest BCUT2D eigenvalue weighted by Gasteiger charge is -2.25. The average Bonchev–Trinajstić information content (AvgIpc) is 2.45. The summed E-state index contributed by atoms with van der Waals surface area (Å²) in [4.78, 5) is 11.9. The number of hydrogen-bond acceptors (Lipinski definition) is 5. The number of carbonyl (C=O) groups excluding carboxylic acids is 1. The second kappa shape index (κ2) is 9.18. The highest BCUT2D eigenvalue weighted by atomic mass is 31.2. The van der Waals surface area contributed by atoms with Crippen molar-refractivity contribution in [2.75, 3.05) is 18.9 Å². The number of aryl methyl sites for hydroxylation is 2. The van der Waals surface area contributed by atoms with Gasteiger partial charge in [0.1, 0.15) is 12.4 Å². The summed E-state index contributed by atoms with van der Waals surface area (Å²) in [7, 11) is -1.76. The molecule has 0 radical (unpaired) electrons. The molecule has 2 atom stereocenters. The molecular weight excluding hydrogens is 329 g/mol. The molecule has 0 bridgehead atoms. The number of benzene rings is 1. The van der Waals surface area contributed by atoms with Gasteiger partial charge in [0.25, 0.3) is 7.44 Å². The third kappa shape index (κ3) is 6.61. The number of hydrogen-bond donors (Lipinski definition) is 3. The lowest BCUT2D eigenvalue weighted by molar-refractivity contribution is -0.148. The van der Waals surface area contributed by atoms with E-state index < -0.39 is 19.5 Å². The molecule has 0 fully saturated rings. The zero-order chi connectivity index (χ0) is 18.3. The van der Waals surface area contributed by atoms with Crippen LogP contribution in [0.15, 0.2) is 18.2 Å². The average molecular weight is 357 g/mol. The van der Waals surface area contributed by atoms with Gasteiger partial charge in [-0.15, -0.1) is 0 Å². The SMILES string of the molecule is COCP(=O)(NNc1ccc(C)cc1C)N[C@@H](C)C(=O)OC(C)C. The van der Waals surface area contributed by atoms with E-state index in [9.17, 15) is 9.36 Å². The summed E-state index contributed by atoms with van der Waals surface area (Å²) >= 11 is 0. The number of esters is 1. The zero-order valence-corrected chi connectivity index (χ0v) is 16.1. The molecule has 0 amide bonds. The number of methoxy groups -OCH3 is 1. The van der Waals surface area contributed by atoms with Crippen LogP contribution in [-0.4, -0.2) is 31.6 Å². The highest BCUT2D eigenvalue weighted by Crippen LogP contribution is 2.36. The minimum Gasteiger partial charge on any atom is -0.462 e. The Morgan fingerprint density at radius 3 is 2.46 bits per heavy atom. The molecule has 1 rings (SSSR count). The van der Waals surface area contributed by atoms with Crippen molar-refractivity contribution in [2.24, 2.45) is 0 Å². The van der Waals surface area contributed by atoms with Gasteiger partial charge >= 0.3 is 5.97 Å². The van der Waals surface area contributed by atoms with Gasteiger partial charge in [0.05, 0.1) is 11.8 Å². The summed E-state index contributed by atoms with van der Waals surface area (Å²) in [5.41, 5.74) is 5.90. The Hall–Kier alpha value is -1.40. The third-order valence-corrected chi connectivity index (χ3v) is 5.07. The van der Waals surface area contributed by atoms with E-state index in [-0.39, 0.29) is 12.5 Å². The van der Waals surface area contributed by atoms with Gasteiger partial charge < -0.3 is 14.9 Å². The summed E-state index contributed by atoms with van der Waals surface area (Å²) in [6, 6.07) is 5.13. The van der Waals surface area contributed by atoms with Crippen molar-refractivity contribution in [3.63, 3.8) is 0 Å². The fourth-order valence-electron chi connectivity index (χ4n) is 2.09. The Morgan fingerprint density at radius 1 is 1.25 bits per heavy atom. The molecule has 0 aliphatic rings. The summed E-state index contributed by atoms with van der Waals surface area (Å²) in [6.07, 6.45) is -0.311. The number of anilines is 1. The quantitative estimate of drug-likeness (QED) is 0.356. The van der Waals surface area contributed by atoms with Crippen LogP contribution in [-0.2, 0) is 18.8 Å². The van der Waals surface area contributed by atoms with Crippen LogP contribution in [0, 0.1) is 13.8 Å². The first-order chi connectivity index (χ1) is 11.2. The highest BCUT2D eigenvalue weighted by Gasteiger charge is 2.28. The first-order valence-corrected chi connectivity index (χ1v) is 9.73. The summed E-state index contributed by atoms with van der Waals surface area (Å²) < 4.78 is 23.1. The Morgan fingerprint density at radius 2 is 1.92 bits per heavy atom. The highest BCUT2D eigenvalue weighted by molar-refractivity contribution is 7.59. The van der Waals surface area contributed by atoms with E-state index in [1.165, 1.54) is 7.11 Å². The lowest BCUT2D eigenvalue weighted by atomic mass is 10.1. The normalized spacial score (nSPS) is 15.0. The van der Waals surface area contributed by atoms with E-state index in [2.05, 4.69) is 15.7 Å². The van der Waals surface area contributed by atoms with E-state index >= 15 is 0 Å². The van der Waals surface area contributed by atoms with Crippen LogP contribution in [0.5, 0.6) is 0 Å². The van der Waals surface area contributed by atoms with Crippen molar-refractivity contribution in [2.45, 2.75) is 46.8 Å². The van der Waals surface area contributed by atoms with Gasteiger partial charge in [-0.3, -0.25) is 9.36 Å². The van der Waals surface area contributed by atoms with Gasteiger partial charge in [-0.2, -0.15) is 5.20 Å². The monoisotopic (exact) mass is 357 g/mol. The van der Waals surface area contributed by atoms with Crippen molar-refractivity contribution in [3.8, 4) is 0 Å². The molecule has 0 aliphatic heterocycles. The van der Waals surface area contributed by atoms with E-state index in [4.69, 9.17) is 9.47 Å². The standard InChI is InChI=1S/C16H28N3O4P/c1-11(2)23-16(20)14(5)18-24(21,10-22-6)19-17-15-8-7-12(3)9-13(15)4/h7-9,11,14,17H,10H2,1-6H3,(H2,18,19,21)/t14-,24?/m0/s1. The van der Waals surface area contributed by atoms with E-state index in [1.54, 1.807) is 20.8 Å². The fourth-order valence-corrected chi connectivity index (χ4v) is 3.69. The van der Waals surface area contributed by atoms with Gasteiger partial charge in [0.2, 0.25) is 0 Å². The van der Waals surface area contributed by atoms with Crippen LogP contribution < -0.4 is 15.7 Å². The Balaban J connectivity index is 2.76. The molecule has 136 valence electrons. The first-order valence-electron chi connectivity index (χ1n) is 7.83. The molecule has 0 aromatic heterocycles. The van der Waals surface area contributed by atoms with Crippen LogP contribution in [0.1, 0.15) is 31.9 Å². The van der Waals surface area contributed by atoms with Crippen LogP contribution in [0.2, 0.25) is 0 Å². The maximum absolute atomic E-state index is 12.9. The Bertz CT molecular complexity index is 607. The maximum Gasteiger partial charge on any atom is 0.323 e. The Kier molecular flexibility index (Phi) is 7.90. The zero-order valence-electron chi connectivity index (χ0n) is 15.2. The van der Waals surface area contributed by atoms with E-state index in [0.717, 1.165) is 16.8 Å². The van der Waals surface area contributed by atoms with Gasteiger partial charge in [0, 0.05) is 7.11 Å². The number of carbonyl (C=O) groups is 1. The molecule has 0 saturated carbocycles. The second-order valence-corrected chi connectivity index (χ2v) is 8.27. The van der Waals surface area contributed by atoms with Crippen molar-refractivity contribution >= 4 is 19.1 Å². The number of ether oxygens (including phenoxy) is 2. The van der Waals surface area contributed by atoms with Crippen LogP contribution in [0.25, 0.3) is 0 Å². The Labute approximate surface area is 143 Å². The third-order valence-electron chi connectivity index (χ3n) is 3.17. The molecule has 7 nitrogen and oxygen atoms in total. The van der Waals surface area contributed by atoms with Crippen molar-refractivity contribution in [1.82, 2.24) is 10.3 Å². The predicted molar refractivity (Wildman–Crippen MR) is 96.0 cm³/mol. The van der Waals surface area contributed by atoms with E-state index in [0.29, 0.717) is 0 Å². The molecule has 1 unspecified atom stereocenters. The van der Waals surface area contributed by atoms with Crippen LogP contribution in [0.4, 0.5) is 5.69 Å². The maximum atomic E-state index is 12.9. The van der Waals surface area contributed by atoms with Gasteiger partial charge in [0.15, 0.2) is 0 Å². The summed E-state index contributed by atoms with van der Waals surface area (Å²) in [6.45, 7) is 9.09. The second-order valence-electron chi connectivity index (χ2n) is 6.05. The largest absolute Gasteiger partial charge is 0.462 e. The van der Waals surface area contributed by atoms with Crippen LogP contribution >= 0.6 is 7.44 Å². The minimum absolute atomic E-state index is 0.0792. The van der Waals surface area contributed by atoms with Gasteiger partial charge in [-0.05, 0) is 46.2 Å². The first kappa shape index (κ1) is 20.6. The molecule has 0 spiro atoms. The van der Waals surface area contributed by atoms with Crippen molar-refractivity contribution < 1.29 is 18.8 Å². The molecule has 8 heteroatoms. The van der Waals surface area contributed by atoms with Gasteiger partial charge in [-0.1, -0.05) is 17.7 Å². The number of rotatable bonds is 9. The summed E-state index contributed by atoms with van der Waals surface area (Å²) in [5, 5.41) is 5.56. The lowest BCUT2D eigenvalue weighted by Crippen LogP contribution is -2.40. The predicted octanol–water partition coefficient (Wildman–Crippen LogP) is 2.95. The molecule has 1 aromatic rings. The van der Waals surface area contributed by atoms with Crippen LogP contribution in [0.3, 0.4) is 0 Å². The van der Waals surface area contributed by atoms with Crippen molar-refractivity contribution in [3.05, 3.63) is 29.3 Å². The molecule has 0 aliphatic carbocycles. The smallest absolute Gasteiger partial charge is 0.323 e. The molecule has 1 aromatic carbocycles. The number of nitrogens with one attached hydrogen (secondary N) is 3. The number of hydrazine groups is 1. The molecule has 0 heterocycles. The minimum atomic E-state index is -3.20. The van der Waals surface area contributed by atoms with E-state index in [1.807, 2.05) is 32.0 Å². The molecular formula is C16H28N3O4P. The van der Waals surface area contributed by atoms with Crippen molar-refractivity contribution in [1.29, 1.82) is 0 Å². The fraction of sp³-hybridized carbons (Fsp3) is 0.562. The topological polar surface area (TPSA) is 88.7 Å². The molecule has 0 saturated heterocycles. The molecule has 3 N–H and O–H groups in total. The molecule has 24 heavy (non-hydrogen) atoms.